The second kappa shape index (κ2) is 7.38. The highest BCUT2D eigenvalue weighted by Crippen LogP contribution is 2.35. The Morgan fingerprint density at radius 1 is 1.19 bits per heavy atom. The molecule has 1 heterocycles. The first-order chi connectivity index (χ1) is 10.2. The van der Waals surface area contributed by atoms with Crippen molar-refractivity contribution in [2.24, 2.45) is 0 Å². The third-order valence-electron chi connectivity index (χ3n) is 3.38. The van der Waals surface area contributed by atoms with Crippen molar-refractivity contribution in [2.45, 2.75) is 19.6 Å². The van der Waals surface area contributed by atoms with Crippen LogP contribution >= 0.6 is 0 Å². The van der Waals surface area contributed by atoms with E-state index in [1.54, 1.807) is 13.2 Å². The molecule has 0 saturated heterocycles. The summed E-state index contributed by atoms with van der Waals surface area (Å²) in [5, 5.41) is 3.24. The van der Waals surface area contributed by atoms with Gasteiger partial charge in [-0.05, 0) is 30.7 Å². The Bertz CT molecular complexity index is 518. The second-order valence-corrected chi connectivity index (χ2v) is 4.62. The third-order valence-corrected chi connectivity index (χ3v) is 3.38. The lowest BCUT2D eigenvalue weighted by atomic mass is 9.97. The van der Waals surface area contributed by atoms with Crippen molar-refractivity contribution >= 4 is 5.57 Å². The van der Waals surface area contributed by atoms with Gasteiger partial charge in [-0.2, -0.15) is 8.78 Å². The first-order valence-corrected chi connectivity index (χ1v) is 6.70. The van der Waals surface area contributed by atoms with E-state index in [1.165, 1.54) is 7.11 Å². The van der Waals surface area contributed by atoms with E-state index in [0.29, 0.717) is 17.1 Å². The van der Waals surface area contributed by atoms with E-state index in [9.17, 15) is 8.78 Å². The molecule has 116 valence electrons. The van der Waals surface area contributed by atoms with Gasteiger partial charge in [-0.3, -0.25) is 0 Å². The molecule has 0 saturated carbocycles. The van der Waals surface area contributed by atoms with Crippen molar-refractivity contribution in [3.05, 3.63) is 29.3 Å². The molecule has 6 heteroatoms. The molecule has 0 unspecified atom stereocenters. The minimum atomic E-state index is -2.81. The predicted octanol–water partition coefficient (Wildman–Crippen LogP) is 2.82. The lowest BCUT2D eigenvalue weighted by Crippen LogP contribution is -2.20. The molecule has 4 nitrogen and oxygen atoms in total. The molecule has 0 fully saturated rings. The maximum Gasteiger partial charge on any atom is 0.345 e. The number of nitrogens with one attached hydrogen (secondary N) is 1. The largest absolute Gasteiger partial charge is 0.496 e. The van der Waals surface area contributed by atoms with Crippen LogP contribution in [-0.2, 0) is 11.3 Å². The lowest BCUT2D eigenvalue weighted by molar-refractivity contribution is -0.137. The van der Waals surface area contributed by atoms with Crippen LogP contribution in [0.25, 0.3) is 5.57 Å². The topological polar surface area (TPSA) is 39.7 Å². The first-order valence-electron chi connectivity index (χ1n) is 6.70. The van der Waals surface area contributed by atoms with Gasteiger partial charge in [0.2, 0.25) is 0 Å². The quantitative estimate of drug-likeness (QED) is 0.877. The highest BCUT2D eigenvalue weighted by Gasteiger charge is 2.16. The number of methoxy groups -OCH3 is 2. The number of halogens is 2. The first kappa shape index (κ1) is 15.7. The molecule has 0 amide bonds. The minimum Gasteiger partial charge on any atom is -0.496 e. The Morgan fingerprint density at radius 2 is 1.95 bits per heavy atom. The molecule has 0 spiro atoms. The fraction of sp³-hybridized carbons (Fsp3) is 0.467. The van der Waals surface area contributed by atoms with Crippen LogP contribution in [0, 0.1) is 0 Å². The summed E-state index contributed by atoms with van der Waals surface area (Å²) in [4.78, 5) is 0. The lowest BCUT2D eigenvalue weighted by Gasteiger charge is -2.19. The predicted molar refractivity (Wildman–Crippen MR) is 75.8 cm³/mol. The van der Waals surface area contributed by atoms with E-state index in [2.05, 4.69) is 16.1 Å². The van der Waals surface area contributed by atoms with Gasteiger partial charge in [0.1, 0.15) is 11.5 Å². The van der Waals surface area contributed by atoms with Crippen molar-refractivity contribution in [2.75, 3.05) is 27.3 Å². The van der Waals surface area contributed by atoms with Crippen LogP contribution in [0.4, 0.5) is 8.78 Å². The summed E-state index contributed by atoms with van der Waals surface area (Å²) in [6, 6.07) is 3.51. The molecular formula is C15H19F2NO3. The van der Waals surface area contributed by atoms with Crippen molar-refractivity contribution in [3.8, 4) is 11.5 Å². The minimum absolute atomic E-state index is 0.224. The molecule has 0 bridgehead atoms. The second-order valence-electron chi connectivity index (χ2n) is 4.62. The highest BCUT2D eigenvalue weighted by molar-refractivity contribution is 5.73. The maximum absolute atomic E-state index is 12.2. The van der Waals surface area contributed by atoms with Crippen LogP contribution in [-0.4, -0.2) is 33.9 Å². The van der Waals surface area contributed by atoms with Gasteiger partial charge in [0, 0.05) is 17.7 Å². The standard InChI is InChI=1S/C15H19F2NO3/c1-19-13-8-12(10-3-5-18-6-4-10)14(20-2)7-11(13)9-21-15(16)17/h3,7-8,15,18H,4-6,9H2,1-2H3. The SMILES string of the molecule is COc1cc(C2=CCNCC2)c(OC)cc1COC(F)F. The Kier molecular flexibility index (Phi) is 5.52. The van der Waals surface area contributed by atoms with E-state index in [0.717, 1.165) is 30.6 Å². The third kappa shape index (κ3) is 3.92. The summed E-state index contributed by atoms with van der Waals surface area (Å²) >= 11 is 0. The molecule has 1 aromatic carbocycles. The van der Waals surface area contributed by atoms with Gasteiger partial charge in [0.15, 0.2) is 0 Å². The van der Waals surface area contributed by atoms with Gasteiger partial charge in [-0.15, -0.1) is 0 Å². The maximum atomic E-state index is 12.2. The highest BCUT2D eigenvalue weighted by atomic mass is 19.3. The van der Waals surface area contributed by atoms with Crippen molar-refractivity contribution in [3.63, 3.8) is 0 Å². The van der Waals surface area contributed by atoms with E-state index in [4.69, 9.17) is 9.47 Å². The zero-order valence-corrected chi connectivity index (χ0v) is 12.1. The van der Waals surface area contributed by atoms with E-state index < -0.39 is 6.61 Å². The Labute approximate surface area is 122 Å². The Hall–Kier alpha value is -1.66. The smallest absolute Gasteiger partial charge is 0.345 e. The van der Waals surface area contributed by atoms with Gasteiger partial charge in [-0.25, -0.2) is 0 Å². The molecule has 21 heavy (non-hydrogen) atoms. The van der Waals surface area contributed by atoms with Crippen molar-refractivity contribution < 1.29 is 23.0 Å². The van der Waals surface area contributed by atoms with Crippen molar-refractivity contribution in [1.82, 2.24) is 5.32 Å². The van der Waals surface area contributed by atoms with E-state index >= 15 is 0 Å². The molecule has 1 aliphatic heterocycles. The molecule has 1 aromatic rings. The molecule has 1 N–H and O–H groups in total. The Morgan fingerprint density at radius 3 is 2.52 bits per heavy atom. The van der Waals surface area contributed by atoms with Crippen molar-refractivity contribution in [1.29, 1.82) is 0 Å². The van der Waals surface area contributed by atoms with Crippen LogP contribution in [0.2, 0.25) is 0 Å². The average Bonchev–Trinajstić information content (AvgIpc) is 2.52. The number of hydrogen-bond acceptors (Lipinski definition) is 4. The molecule has 2 rings (SSSR count). The molecule has 1 aliphatic rings. The van der Waals surface area contributed by atoms with Gasteiger partial charge in [0.05, 0.1) is 20.8 Å². The average molecular weight is 299 g/mol. The number of rotatable bonds is 6. The van der Waals surface area contributed by atoms with Gasteiger partial charge in [-0.1, -0.05) is 6.08 Å². The summed E-state index contributed by atoms with van der Waals surface area (Å²) in [6.07, 6.45) is 2.97. The number of benzene rings is 1. The molecule has 0 aliphatic carbocycles. The molecule has 0 radical (unpaired) electrons. The van der Waals surface area contributed by atoms with Crippen LogP contribution in [0.5, 0.6) is 11.5 Å². The normalized spacial score (nSPS) is 15.0. The van der Waals surface area contributed by atoms with Gasteiger partial charge in [0.25, 0.3) is 0 Å². The fourth-order valence-electron chi connectivity index (χ4n) is 2.34. The summed E-state index contributed by atoms with van der Waals surface area (Å²) in [7, 11) is 3.07. The zero-order chi connectivity index (χ0) is 15.2. The number of alkyl halides is 2. The monoisotopic (exact) mass is 299 g/mol. The zero-order valence-electron chi connectivity index (χ0n) is 12.1. The molecule has 0 aromatic heterocycles. The van der Waals surface area contributed by atoms with Gasteiger partial charge < -0.3 is 19.5 Å². The molecular weight excluding hydrogens is 280 g/mol. The summed E-state index contributed by atoms with van der Waals surface area (Å²) < 4.78 is 39.4. The molecule has 0 atom stereocenters. The fourth-order valence-corrected chi connectivity index (χ4v) is 2.34. The number of ether oxygens (including phenoxy) is 3. The summed E-state index contributed by atoms with van der Waals surface area (Å²) in [5.74, 6) is 1.16. The van der Waals surface area contributed by atoms with E-state index in [-0.39, 0.29) is 6.61 Å². The number of hydrogen-bond donors (Lipinski definition) is 1. The van der Waals surface area contributed by atoms with Gasteiger partial charge >= 0.3 is 6.61 Å². The Balaban J connectivity index is 2.35. The summed E-state index contributed by atoms with van der Waals surface area (Å²) in [6.45, 7) is -1.34. The summed E-state index contributed by atoms with van der Waals surface area (Å²) in [5.41, 5.74) is 2.62. The van der Waals surface area contributed by atoms with Crippen LogP contribution in [0.3, 0.4) is 0 Å². The van der Waals surface area contributed by atoms with Crippen LogP contribution in [0.1, 0.15) is 17.5 Å². The van der Waals surface area contributed by atoms with Crippen LogP contribution in [0.15, 0.2) is 18.2 Å². The van der Waals surface area contributed by atoms with Crippen LogP contribution < -0.4 is 14.8 Å². The van der Waals surface area contributed by atoms with E-state index in [1.807, 2.05) is 6.07 Å².